The van der Waals surface area contributed by atoms with Crippen molar-refractivity contribution >= 4 is 45.7 Å². The number of ether oxygens (including phenoxy) is 3. The van der Waals surface area contributed by atoms with Gasteiger partial charge in [0.2, 0.25) is 0 Å². The molecule has 3 aliphatic heterocycles. The van der Waals surface area contributed by atoms with Crippen molar-refractivity contribution in [3.05, 3.63) is 53.8 Å². The standard InChI is InChI=1S/C24H21N5O4S/c34-14-29-18-10-16-17(22-25-5-6-26-22)12-30-21(16)9-15(18)11-32-24(23-27-7-8-28-23)13-31-19-3-1-2-4-20(19)33-24/h1-4,9-10,12H,5-8,11,13H2,(H,25,26)(H,27,28). The summed E-state index contributed by atoms with van der Waals surface area (Å²) < 4.78 is 24.6. The van der Waals surface area contributed by atoms with Crippen LogP contribution in [0.5, 0.6) is 11.5 Å². The van der Waals surface area contributed by atoms with Crippen LogP contribution in [-0.2, 0) is 11.3 Å². The smallest absolute Gasteiger partial charge is 0.304 e. The summed E-state index contributed by atoms with van der Waals surface area (Å²) in [5.41, 5.74) is 3.00. The van der Waals surface area contributed by atoms with E-state index < -0.39 is 5.79 Å². The maximum absolute atomic E-state index is 6.40. The van der Waals surface area contributed by atoms with E-state index >= 15 is 0 Å². The maximum atomic E-state index is 6.40. The second-order valence-corrected chi connectivity index (χ2v) is 8.21. The molecular formula is C24H21N5O4S. The highest BCUT2D eigenvalue weighted by atomic mass is 32.1. The van der Waals surface area contributed by atoms with Crippen molar-refractivity contribution in [2.24, 2.45) is 15.0 Å². The first kappa shape index (κ1) is 20.9. The first-order valence-corrected chi connectivity index (χ1v) is 11.4. The van der Waals surface area contributed by atoms with Gasteiger partial charge >= 0.3 is 5.79 Å². The average molecular weight is 476 g/mol. The summed E-state index contributed by atoms with van der Waals surface area (Å²) in [6, 6.07) is 11.3. The molecule has 2 aromatic carbocycles. The Kier molecular flexibility index (Phi) is 5.26. The minimum Gasteiger partial charge on any atom is -0.482 e. The van der Waals surface area contributed by atoms with E-state index in [-0.39, 0.29) is 13.2 Å². The number of para-hydroxylation sites is 2. The van der Waals surface area contributed by atoms with Crippen molar-refractivity contribution in [1.82, 2.24) is 10.6 Å². The van der Waals surface area contributed by atoms with Crippen LogP contribution in [-0.4, -0.2) is 55.4 Å². The normalized spacial score (nSPS) is 20.8. The topological polar surface area (TPSA) is 102 Å². The van der Waals surface area contributed by atoms with Gasteiger partial charge in [-0.3, -0.25) is 9.98 Å². The van der Waals surface area contributed by atoms with E-state index in [1.165, 1.54) is 0 Å². The molecule has 0 spiro atoms. The van der Waals surface area contributed by atoms with Crippen molar-refractivity contribution in [3.63, 3.8) is 0 Å². The number of thiocarbonyl (C=S) groups is 1. The van der Waals surface area contributed by atoms with Crippen LogP contribution in [0, 0.1) is 0 Å². The molecule has 0 aliphatic carbocycles. The van der Waals surface area contributed by atoms with Gasteiger partial charge in [0.1, 0.15) is 17.7 Å². The number of fused-ring (bicyclic) bond motifs is 2. The van der Waals surface area contributed by atoms with Gasteiger partial charge in [0.25, 0.3) is 0 Å². The number of nitrogens with one attached hydrogen (secondary N) is 2. The van der Waals surface area contributed by atoms with Gasteiger partial charge in [-0.05, 0) is 36.5 Å². The molecule has 4 heterocycles. The first-order valence-electron chi connectivity index (χ1n) is 11.0. The SMILES string of the molecule is S=C=Nc1cc2c(C3=NCCN3)coc2cc1COC1(C2=NCCN2)COc2ccccc2O1. The third-order valence-electron chi connectivity index (χ3n) is 5.91. The zero-order chi connectivity index (χ0) is 23.0. The van der Waals surface area contributed by atoms with Gasteiger partial charge in [0.05, 0.1) is 36.1 Å². The van der Waals surface area contributed by atoms with Gasteiger partial charge in [-0.15, -0.1) is 0 Å². The molecular weight excluding hydrogens is 454 g/mol. The minimum atomic E-state index is -1.21. The second kappa shape index (κ2) is 8.57. The lowest BCUT2D eigenvalue weighted by Crippen LogP contribution is -2.57. The van der Waals surface area contributed by atoms with E-state index in [1.54, 1.807) is 6.26 Å². The lowest BCUT2D eigenvalue weighted by atomic mass is 10.1. The number of amidine groups is 2. The number of isothiocyanates is 1. The predicted molar refractivity (Wildman–Crippen MR) is 131 cm³/mol. The van der Waals surface area contributed by atoms with Gasteiger partial charge in [-0.25, -0.2) is 0 Å². The zero-order valence-electron chi connectivity index (χ0n) is 18.2. The van der Waals surface area contributed by atoms with Crippen LogP contribution in [0.2, 0.25) is 0 Å². The summed E-state index contributed by atoms with van der Waals surface area (Å²) in [5, 5.41) is 9.91. The number of benzene rings is 2. The molecule has 0 saturated heterocycles. The largest absolute Gasteiger partial charge is 0.482 e. The van der Waals surface area contributed by atoms with Crippen LogP contribution in [0.1, 0.15) is 11.1 Å². The summed E-state index contributed by atoms with van der Waals surface area (Å²) in [7, 11) is 0. The zero-order valence-corrected chi connectivity index (χ0v) is 19.0. The van der Waals surface area contributed by atoms with Crippen LogP contribution >= 0.6 is 12.2 Å². The minimum absolute atomic E-state index is 0.153. The number of nitrogens with zero attached hydrogens (tertiary/aromatic N) is 3. The third-order valence-corrected chi connectivity index (χ3v) is 6.00. The van der Waals surface area contributed by atoms with Crippen molar-refractivity contribution in [2.75, 3.05) is 32.8 Å². The molecule has 0 amide bonds. The molecule has 0 fully saturated rings. The molecule has 1 unspecified atom stereocenters. The summed E-state index contributed by atoms with van der Waals surface area (Å²) in [6.07, 6.45) is 1.70. The first-order chi connectivity index (χ1) is 16.8. The van der Waals surface area contributed by atoms with Gasteiger partial charge in [-0.1, -0.05) is 12.1 Å². The quantitative estimate of drug-likeness (QED) is 0.417. The summed E-state index contributed by atoms with van der Waals surface area (Å²) in [4.78, 5) is 13.3. The Hall–Kier alpha value is -3.72. The Labute approximate surface area is 200 Å². The van der Waals surface area contributed by atoms with Crippen molar-refractivity contribution in [3.8, 4) is 11.5 Å². The Morgan fingerprint density at radius 2 is 1.97 bits per heavy atom. The molecule has 3 aromatic rings. The van der Waals surface area contributed by atoms with Crippen LogP contribution in [0.15, 0.2) is 62.1 Å². The van der Waals surface area contributed by atoms with Gasteiger partial charge in [-0.2, -0.15) is 4.99 Å². The Balaban J connectivity index is 1.34. The molecule has 0 radical (unpaired) electrons. The highest BCUT2D eigenvalue weighted by molar-refractivity contribution is 7.78. The fourth-order valence-corrected chi connectivity index (χ4v) is 4.37. The molecule has 6 rings (SSSR count). The van der Waals surface area contributed by atoms with Crippen LogP contribution in [0.3, 0.4) is 0 Å². The molecule has 172 valence electrons. The van der Waals surface area contributed by atoms with E-state index in [2.05, 4.69) is 30.8 Å². The molecule has 0 saturated carbocycles. The Morgan fingerprint density at radius 1 is 1.12 bits per heavy atom. The summed E-state index contributed by atoms with van der Waals surface area (Å²) in [6.45, 7) is 3.22. The highest BCUT2D eigenvalue weighted by Crippen LogP contribution is 2.38. The monoisotopic (exact) mass is 475 g/mol. The fraction of sp³-hybridized carbons (Fsp3) is 0.292. The fourth-order valence-electron chi connectivity index (χ4n) is 4.27. The van der Waals surface area contributed by atoms with Crippen molar-refractivity contribution in [2.45, 2.75) is 12.4 Å². The Bertz CT molecular complexity index is 1380. The van der Waals surface area contributed by atoms with E-state index in [1.807, 2.05) is 36.4 Å². The third kappa shape index (κ3) is 3.62. The summed E-state index contributed by atoms with van der Waals surface area (Å²) >= 11 is 4.91. The van der Waals surface area contributed by atoms with Gasteiger partial charge in [0, 0.05) is 24.0 Å². The van der Waals surface area contributed by atoms with E-state index in [0.29, 0.717) is 41.7 Å². The number of hydrogen-bond acceptors (Lipinski definition) is 10. The summed E-state index contributed by atoms with van der Waals surface area (Å²) in [5.74, 6) is 1.47. The number of rotatable bonds is 6. The molecule has 34 heavy (non-hydrogen) atoms. The molecule has 0 bridgehead atoms. The molecule has 1 aromatic heterocycles. The molecule has 1 atom stereocenters. The van der Waals surface area contributed by atoms with Crippen LogP contribution in [0.25, 0.3) is 11.0 Å². The van der Waals surface area contributed by atoms with Gasteiger partial charge in [0.15, 0.2) is 23.9 Å². The Morgan fingerprint density at radius 3 is 2.76 bits per heavy atom. The number of hydrogen-bond donors (Lipinski definition) is 2. The number of furan rings is 1. The van der Waals surface area contributed by atoms with E-state index in [0.717, 1.165) is 35.4 Å². The van der Waals surface area contributed by atoms with Crippen LogP contribution in [0.4, 0.5) is 5.69 Å². The van der Waals surface area contributed by atoms with Crippen LogP contribution < -0.4 is 20.1 Å². The van der Waals surface area contributed by atoms with Crippen molar-refractivity contribution in [1.29, 1.82) is 0 Å². The number of aliphatic imine (C=N–C) groups is 3. The molecule has 3 aliphatic rings. The van der Waals surface area contributed by atoms with Crippen molar-refractivity contribution < 1.29 is 18.6 Å². The lowest BCUT2D eigenvalue weighted by Gasteiger charge is -2.37. The average Bonchev–Trinajstić information content (AvgIpc) is 3.64. The second-order valence-electron chi connectivity index (χ2n) is 8.02. The van der Waals surface area contributed by atoms with E-state index in [4.69, 9.17) is 30.8 Å². The maximum Gasteiger partial charge on any atom is 0.304 e. The molecule has 2 N–H and O–H groups in total. The molecule has 9 nitrogen and oxygen atoms in total. The highest BCUT2D eigenvalue weighted by Gasteiger charge is 2.46. The lowest BCUT2D eigenvalue weighted by molar-refractivity contribution is -0.171. The predicted octanol–water partition coefficient (Wildman–Crippen LogP) is 3.20. The molecule has 10 heteroatoms. The van der Waals surface area contributed by atoms with E-state index in [9.17, 15) is 0 Å². The van der Waals surface area contributed by atoms with Gasteiger partial charge < -0.3 is 29.3 Å².